The van der Waals surface area contributed by atoms with Crippen LogP contribution in [0.2, 0.25) is 0 Å². The number of halogens is 1. The van der Waals surface area contributed by atoms with Crippen LogP contribution in [-0.4, -0.2) is 50.0 Å². The molecule has 11 heteroatoms. The zero-order valence-corrected chi connectivity index (χ0v) is 23.0. The number of nitrogens with zero attached hydrogens (tertiary/aromatic N) is 4. The third-order valence-electron chi connectivity index (χ3n) is 5.76. The van der Waals surface area contributed by atoms with E-state index in [9.17, 15) is 9.59 Å². The SMILES string of the molecule is Cc1cc(Nc2cc(C(=O)N3CCC3)nc(Sc3ccc(NC(=O)c4ccccc4CI)cc3)n2)n[nH]1. The van der Waals surface area contributed by atoms with Crippen molar-refractivity contribution in [2.75, 3.05) is 23.7 Å². The smallest absolute Gasteiger partial charge is 0.272 e. The summed E-state index contributed by atoms with van der Waals surface area (Å²) >= 11 is 3.60. The maximum atomic E-state index is 12.9. The molecule has 37 heavy (non-hydrogen) atoms. The molecule has 0 radical (unpaired) electrons. The molecular weight excluding hydrogens is 601 g/mol. The Morgan fingerprint density at radius 2 is 1.84 bits per heavy atom. The van der Waals surface area contributed by atoms with Gasteiger partial charge in [0.15, 0.2) is 11.0 Å². The number of hydrogen-bond acceptors (Lipinski definition) is 7. The number of aromatic nitrogens is 4. The molecule has 2 amide bonds. The largest absolute Gasteiger partial charge is 0.337 e. The topological polar surface area (TPSA) is 116 Å². The van der Waals surface area contributed by atoms with Crippen molar-refractivity contribution in [3.63, 3.8) is 0 Å². The van der Waals surface area contributed by atoms with E-state index in [1.165, 1.54) is 11.8 Å². The van der Waals surface area contributed by atoms with Crippen LogP contribution < -0.4 is 10.6 Å². The highest BCUT2D eigenvalue weighted by molar-refractivity contribution is 14.1. The normalized spacial score (nSPS) is 12.6. The van der Waals surface area contributed by atoms with Gasteiger partial charge in [-0.25, -0.2) is 9.97 Å². The lowest BCUT2D eigenvalue weighted by Gasteiger charge is -2.30. The van der Waals surface area contributed by atoms with Crippen molar-refractivity contribution in [1.29, 1.82) is 0 Å². The van der Waals surface area contributed by atoms with E-state index in [4.69, 9.17) is 0 Å². The summed E-state index contributed by atoms with van der Waals surface area (Å²) < 4.78 is 0.757. The first-order chi connectivity index (χ1) is 18.0. The molecule has 188 valence electrons. The molecule has 2 aromatic heterocycles. The number of anilines is 3. The summed E-state index contributed by atoms with van der Waals surface area (Å²) in [4.78, 5) is 37.4. The van der Waals surface area contributed by atoms with E-state index in [1.54, 1.807) is 11.0 Å². The number of amides is 2. The van der Waals surface area contributed by atoms with Gasteiger partial charge in [0.1, 0.15) is 11.5 Å². The third kappa shape index (κ3) is 6.10. The molecule has 4 aromatic rings. The van der Waals surface area contributed by atoms with Crippen LogP contribution in [0.3, 0.4) is 0 Å². The summed E-state index contributed by atoms with van der Waals surface area (Å²) in [6, 6.07) is 18.6. The van der Waals surface area contributed by atoms with E-state index in [0.29, 0.717) is 33.7 Å². The van der Waals surface area contributed by atoms with Gasteiger partial charge in [-0.2, -0.15) is 5.10 Å². The van der Waals surface area contributed by atoms with E-state index in [-0.39, 0.29) is 11.8 Å². The molecule has 1 fully saturated rings. The van der Waals surface area contributed by atoms with Crippen molar-refractivity contribution >= 4 is 63.5 Å². The monoisotopic (exact) mass is 625 g/mol. The molecule has 3 N–H and O–H groups in total. The van der Waals surface area contributed by atoms with Crippen molar-refractivity contribution in [3.8, 4) is 0 Å². The molecular formula is C26H24IN7O2S. The number of aromatic amines is 1. The van der Waals surface area contributed by atoms with Gasteiger partial charge < -0.3 is 15.5 Å². The number of alkyl halides is 1. The van der Waals surface area contributed by atoms with Gasteiger partial charge in [0.25, 0.3) is 11.8 Å². The number of benzene rings is 2. The van der Waals surface area contributed by atoms with Crippen LogP contribution in [0.1, 0.15) is 38.5 Å². The van der Waals surface area contributed by atoms with Crippen LogP contribution in [-0.2, 0) is 4.43 Å². The summed E-state index contributed by atoms with van der Waals surface area (Å²) in [6.45, 7) is 3.39. The van der Waals surface area contributed by atoms with Crippen LogP contribution in [0.25, 0.3) is 0 Å². The third-order valence-corrected chi connectivity index (χ3v) is 7.45. The predicted molar refractivity (Wildman–Crippen MR) is 152 cm³/mol. The second-order valence-corrected chi connectivity index (χ2v) is 10.3. The number of hydrogen-bond donors (Lipinski definition) is 3. The summed E-state index contributed by atoms with van der Waals surface area (Å²) in [6.07, 6.45) is 1.00. The van der Waals surface area contributed by atoms with Crippen LogP contribution in [0.5, 0.6) is 0 Å². The Bertz CT molecular complexity index is 1440. The fourth-order valence-electron chi connectivity index (χ4n) is 3.71. The van der Waals surface area contributed by atoms with Crippen molar-refractivity contribution in [1.82, 2.24) is 25.1 Å². The first-order valence-electron chi connectivity index (χ1n) is 11.7. The van der Waals surface area contributed by atoms with E-state index in [1.807, 2.05) is 61.5 Å². The Hall–Kier alpha value is -3.45. The molecule has 0 spiro atoms. The molecule has 0 saturated carbocycles. The molecule has 0 aliphatic carbocycles. The van der Waals surface area contributed by atoms with Crippen LogP contribution >= 0.6 is 34.4 Å². The van der Waals surface area contributed by atoms with Crippen molar-refractivity contribution in [2.45, 2.75) is 27.8 Å². The summed E-state index contributed by atoms with van der Waals surface area (Å²) in [5.74, 6) is 0.851. The first kappa shape index (κ1) is 25.2. The Labute approximate surface area is 232 Å². The molecule has 2 aromatic carbocycles. The second kappa shape index (κ2) is 11.3. The molecule has 0 unspecified atom stereocenters. The van der Waals surface area contributed by atoms with Gasteiger partial charge in [-0.15, -0.1) is 0 Å². The highest BCUT2D eigenvalue weighted by Gasteiger charge is 2.24. The van der Waals surface area contributed by atoms with Crippen LogP contribution in [0.15, 0.2) is 70.7 Å². The van der Waals surface area contributed by atoms with Crippen LogP contribution in [0, 0.1) is 6.92 Å². The lowest BCUT2D eigenvalue weighted by molar-refractivity contribution is 0.0644. The average molecular weight is 625 g/mol. The Morgan fingerprint density at radius 3 is 2.51 bits per heavy atom. The number of nitrogens with one attached hydrogen (secondary N) is 3. The quantitative estimate of drug-likeness (QED) is 0.136. The van der Waals surface area contributed by atoms with Gasteiger partial charge in [-0.1, -0.05) is 40.8 Å². The standard InChI is InChI=1S/C26H24IN7O2S/c1-16-13-23(33-32-16)30-22-14-21(25(36)34-11-4-12-34)29-26(31-22)37-19-9-7-18(8-10-19)28-24(35)20-6-3-2-5-17(20)15-27/h2-3,5-10,13-14H,4,11-12,15H2,1H3,(H,28,35)(H2,29,30,31,32,33). The number of carbonyl (C=O) groups is 2. The van der Waals surface area contributed by atoms with E-state index < -0.39 is 0 Å². The minimum atomic E-state index is -0.141. The Kier molecular flexibility index (Phi) is 7.70. The molecule has 3 heterocycles. The maximum absolute atomic E-state index is 12.9. The average Bonchev–Trinajstić information content (AvgIpc) is 3.28. The molecule has 0 bridgehead atoms. The number of H-pyrrole nitrogens is 1. The first-order valence-corrected chi connectivity index (χ1v) is 14.0. The summed E-state index contributed by atoms with van der Waals surface area (Å²) in [5, 5.41) is 13.6. The minimum absolute atomic E-state index is 0.110. The molecule has 1 aliphatic rings. The molecule has 1 aliphatic heterocycles. The molecule has 0 atom stereocenters. The van der Waals surface area contributed by atoms with Gasteiger partial charge in [-0.05, 0) is 61.0 Å². The van der Waals surface area contributed by atoms with Gasteiger partial charge in [0.05, 0.1) is 0 Å². The molecule has 9 nitrogen and oxygen atoms in total. The van der Waals surface area contributed by atoms with Crippen molar-refractivity contribution < 1.29 is 9.59 Å². The van der Waals surface area contributed by atoms with Gasteiger partial charge >= 0.3 is 0 Å². The highest BCUT2D eigenvalue weighted by atomic mass is 127. The number of aryl methyl sites for hydroxylation is 1. The fourth-order valence-corrected chi connectivity index (χ4v) is 5.14. The lowest BCUT2D eigenvalue weighted by atomic mass is 10.1. The number of carbonyl (C=O) groups excluding carboxylic acids is 2. The van der Waals surface area contributed by atoms with Gasteiger partial charge in [0, 0.05) is 51.5 Å². The molecule has 1 saturated heterocycles. The second-order valence-electron chi connectivity index (χ2n) is 8.50. The van der Waals surface area contributed by atoms with Crippen molar-refractivity contribution in [3.05, 3.63) is 83.2 Å². The van der Waals surface area contributed by atoms with E-state index in [2.05, 4.69) is 53.4 Å². The number of likely N-dealkylation sites (tertiary alicyclic amines) is 1. The zero-order valence-electron chi connectivity index (χ0n) is 20.0. The predicted octanol–water partition coefficient (Wildman–Crippen LogP) is 5.44. The van der Waals surface area contributed by atoms with Crippen LogP contribution in [0.4, 0.5) is 17.3 Å². The van der Waals surface area contributed by atoms with E-state index >= 15 is 0 Å². The van der Waals surface area contributed by atoms with Gasteiger partial charge in [-0.3, -0.25) is 14.7 Å². The summed E-state index contributed by atoms with van der Waals surface area (Å²) in [5.41, 5.74) is 3.60. The zero-order chi connectivity index (χ0) is 25.8. The minimum Gasteiger partial charge on any atom is -0.337 e. The maximum Gasteiger partial charge on any atom is 0.272 e. The van der Waals surface area contributed by atoms with Crippen molar-refractivity contribution in [2.24, 2.45) is 0 Å². The van der Waals surface area contributed by atoms with E-state index in [0.717, 1.165) is 40.1 Å². The molecule has 5 rings (SSSR count). The van der Waals surface area contributed by atoms with Gasteiger partial charge in [0.2, 0.25) is 0 Å². The number of rotatable bonds is 8. The lowest BCUT2D eigenvalue weighted by Crippen LogP contribution is -2.42. The summed E-state index contributed by atoms with van der Waals surface area (Å²) in [7, 11) is 0. The Balaban J connectivity index is 1.33. The Morgan fingerprint density at radius 1 is 1.05 bits per heavy atom. The highest BCUT2D eigenvalue weighted by Crippen LogP contribution is 2.29. The fraction of sp³-hybridized carbons (Fsp3) is 0.192.